The highest BCUT2D eigenvalue weighted by atomic mass is 16.5. The van der Waals surface area contributed by atoms with Gasteiger partial charge in [0.2, 0.25) is 0 Å². The van der Waals surface area contributed by atoms with Crippen LogP contribution >= 0.6 is 0 Å². The summed E-state index contributed by atoms with van der Waals surface area (Å²) < 4.78 is 7.48. The molecule has 0 spiro atoms. The third-order valence-corrected chi connectivity index (χ3v) is 6.35. The van der Waals surface area contributed by atoms with Gasteiger partial charge in [0, 0.05) is 25.1 Å². The second-order valence-corrected chi connectivity index (χ2v) is 9.00. The zero-order valence-electron chi connectivity index (χ0n) is 20.0. The maximum atomic E-state index is 13.6. The maximum absolute atomic E-state index is 13.6. The van der Waals surface area contributed by atoms with Gasteiger partial charge in [-0.2, -0.15) is 0 Å². The lowest BCUT2D eigenvalue weighted by molar-refractivity contribution is 0.0725. The van der Waals surface area contributed by atoms with Crippen LogP contribution in [0.1, 0.15) is 40.9 Å². The van der Waals surface area contributed by atoms with E-state index in [1.54, 1.807) is 35.5 Å². The number of fused-ring (bicyclic) bond motifs is 1. The molecule has 4 aromatic rings. The molecule has 3 heterocycles. The Morgan fingerprint density at radius 3 is 2.78 bits per heavy atom. The molecule has 0 N–H and O–H groups in total. The lowest BCUT2D eigenvalue weighted by atomic mass is 9.95. The van der Waals surface area contributed by atoms with Crippen molar-refractivity contribution in [2.75, 3.05) is 6.61 Å². The van der Waals surface area contributed by atoms with Gasteiger partial charge in [-0.05, 0) is 67.1 Å². The second-order valence-electron chi connectivity index (χ2n) is 9.00. The monoisotopic (exact) mass is 480 g/mol. The molecule has 1 aliphatic rings. The van der Waals surface area contributed by atoms with Crippen LogP contribution in [-0.4, -0.2) is 31.8 Å². The van der Waals surface area contributed by atoms with Crippen molar-refractivity contribution in [3.8, 4) is 5.75 Å². The topological polar surface area (TPSA) is 76.8 Å². The fourth-order valence-electron chi connectivity index (χ4n) is 4.41. The number of nitrogens with zero attached hydrogens (tertiary/aromatic N) is 4. The third kappa shape index (κ3) is 5.51. The Bertz CT molecular complexity index is 1430. The van der Waals surface area contributed by atoms with Gasteiger partial charge in [-0.15, -0.1) is 0 Å². The molecule has 0 saturated carbocycles. The number of rotatable bonds is 8. The molecule has 0 saturated heterocycles. The molecule has 0 aliphatic heterocycles. The van der Waals surface area contributed by atoms with E-state index < -0.39 is 11.5 Å². The fourth-order valence-corrected chi connectivity index (χ4v) is 4.41. The van der Waals surface area contributed by atoms with Gasteiger partial charge in [-0.3, -0.25) is 19.0 Å². The van der Waals surface area contributed by atoms with E-state index in [0.717, 1.165) is 36.3 Å². The highest BCUT2D eigenvalue weighted by Crippen LogP contribution is 2.22. The number of carbonyl (C=O) groups is 1. The van der Waals surface area contributed by atoms with Crippen LogP contribution in [-0.2, 0) is 13.1 Å². The number of allylic oxidation sites excluding steroid dienone is 2. The molecule has 1 aliphatic carbocycles. The van der Waals surface area contributed by atoms with Crippen LogP contribution in [0, 0.1) is 5.92 Å². The number of hydrogen-bond donors (Lipinski definition) is 0. The molecule has 1 amide bonds. The number of pyridine rings is 2. The van der Waals surface area contributed by atoms with E-state index in [0.29, 0.717) is 24.7 Å². The Hall–Kier alpha value is -4.26. The summed E-state index contributed by atoms with van der Waals surface area (Å²) in [7, 11) is 0. The molecule has 1 aromatic carbocycles. The minimum Gasteiger partial charge on any atom is -0.493 e. The standard InChI is InChI=1S/C29H28N4O3/c34-28(26-18-31-27-14-5-7-16-33(27)29(26)35)32(20-24-12-4-6-15-30-24)19-23-11-8-13-25(17-23)36-21-22-9-2-1-3-10-22/h1-2,4-8,11-18,22H,3,9-10,19-21H2/t22-/m0/s1. The van der Waals surface area contributed by atoms with Crippen LogP contribution in [0.15, 0.2) is 96.2 Å². The lowest BCUT2D eigenvalue weighted by Gasteiger charge is -2.23. The molecule has 3 aromatic heterocycles. The van der Waals surface area contributed by atoms with Gasteiger partial charge < -0.3 is 9.64 Å². The van der Waals surface area contributed by atoms with E-state index in [9.17, 15) is 9.59 Å². The van der Waals surface area contributed by atoms with Crippen LogP contribution in [0.25, 0.3) is 5.65 Å². The van der Waals surface area contributed by atoms with Gasteiger partial charge in [0.25, 0.3) is 11.5 Å². The molecular weight excluding hydrogens is 452 g/mol. The summed E-state index contributed by atoms with van der Waals surface area (Å²) in [6.45, 7) is 1.23. The summed E-state index contributed by atoms with van der Waals surface area (Å²) in [6, 6.07) is 18.6. The summed E-state index contributed by atoms with van der Waals surface area (Å²) in [5.41, 5.74) is 1.77. The van der Waals surface area contributed by atoms with Crippen molar-refractivity contribution >= 4 is 11.6 Å². The first-order chi connectivity index (χ1) is 17.7. The predicted molar refractivity (Wildman–Crippen MR) is 138 cm³/mol. The first-order valence-electron chi connectivity index (χ1n) is 12.2. The number of ether oxygens (including phenoxy) is 1. The van der Waals surface area contributed by atoms with Gasteiger partial charge in [-0.25, -0.2) is 4.98 Å². The summed E-state index contributed by atoms with van der Waals surface area (Å²) in [6.07, 6.45) is 12.4. The predicted octanol–water partition coefficient (Wildman–Crippen LogP) is 4.67. The van der Waals surface area contributed by atoms with Gasteiger partial charge in [0.15, 0.2) is 0 Å². The number of aromatic nitrogens is 3. The molecule has 7 nitrogen and oxygen atoms in total. The van der Waals surface area contributed by atoms with Crippen molar-refractivity contribution in [1.82, 2.24) is 19.3 Å². The minimum absolute atomic E-state index is 0.0207. The van der Waals surface area contributed by atoms with E-state index in [2.05, 4.69) is 22.1 Å². The first kappa shape index (κ1) is 23.5. The average molecular weight is 481 g/mol. The largest absolute Gasteiger partial charge is 0.493 e. The van der Waals surface area contributed by atoms with Crippen LogP contribution in [0.3, 0.4) is 0 Å². The SMILES string of the molecule is O=C(c1cnc2ccccn2c1=O)N(Cc1cccc(OC[C@H]2CC=CCC2)c1)Cc1ccccn1. The molecule has 182 valence electrons. The molecule has 0 bridgehead atoms. The van der Waals surface area contributed by atoms with Crippen LogP contribution < -0.4 is 10.3 Å². The fraction of sp³-hybridized carbons (Fsp3) is 0.241. The summed E-state index contributed by atoms with van der Waals surface area (Å²) in [5, 5.41) is 0. The number of hydrogen-bond acceptors (Lipinski definition) is 5. The number of benzene rings is 1. The van der Waals surface area contributed by atoms with Crippen molar-refractivity contribution in [2.24, 2.45) is 5.92 Å². The van der Waals surface area contributed by atoms with Crippen LogP contribution in [0.5, 0.6) is 5.75 Å². The summed E-state index contributed by atoms with van der Waals surface area (Å²) >= 11 is 0. The van der Waals surface area contributed by atoms with Crippen molar-refractivity contribution in [1.29, 1.82) is 0 Å². The molecule has 0 fully saturated rings. The van der Waals surface area contributed by atoms with Crippen molar-refractivity contribution in [3.63, 3.8) is 0 Å². The average Bonchev–Trinajstić information content (AvgIpc) is 2.93. The number of amides is 1. The van der Waals surface area contributed by atoms with Gasteiger partial charge in [-0.1, -0.05) is 36.4 Å². The zero-order chi connectivity index (χ0) is 24.7. The Labute approximate surface area is 209 Å². The smallest absolute Gasteiger partial charge is 0.270 e. The molecule has 7 heteroatoms. The minimum atomic E-state index is -0.393. The van der Waals surface area contributed by atoms with Crippen LogP contribution in [0.4, 0.5) is 0 Å². The highest BCUT2D eigenvalue weighted by Gasteiger charge is 2.22. The van der Waals surface area contributed by atoms with Gasteiger partial charge in [0.1, 0.15) is 17.0 Å². The van der Waals surface area contributed by atoms with E-state index >= 15 is 0 Å². The van der Waals surface area contributed by atoms with Crippen molar-refractivity contribution in [3.05, 3.63) is 119 Å². The summed E-state index contributed by atoms with van der Waals surface area (Å²) in [5.74, 6) is 0.908. The van der Waals surface area contributed by atoms with Gasteiger partial charge in [0.05, 0.1) is 18.8 Å². The molecule has 36 heavy (non-hydrogen) atoms. The Kier molecular flexibility index (Phi) is 7.17. The van der Waals surface area contributed by atoms with Crippen LogP contribution in [0.2, 0.25) is 0 Å². The first-order valence-corrected chi connectivity index (χ1v) is 12.2. The molecule has 5 rings (SSSR count). The normalized spacial score (nSPS) is 15.1. The van der Waals surface area contributed by atoms with E-state index in [1.807, 2.05) is 42.5 Å². The second kappa shape index (κ2) is 11.0. The Balaban J connectivity index is 1.39. The van der Waals surface area contributed by atoms with E-state index in [4.69, 9.17) is 4.74 Å². The molecule has 0 unspecified atom stereocenters. The van der Waals surface area contributed by atoms with E-state index in [-0.39, 0.29) is 12.1 Å². The molecular formula is C29H28N4O3. The molecule has 1 atom stereocenters. The third-order valence-electron chi connectivity index (χ3n) is 6.35. The van der Waals surface area contributed by atoms with E-state index in [1.165, 1.54) is 10.6 Å². The lowest BCUT2D eigenvalue weighted by Crippen LogP contribution is -2.35. The quantitative estimate of drug-likeness (QED) is 0.343. The Morgan fingerprint density at radius 1 is 1.03 bits per heavy atom. The maximum Gasteiger partial charge on any atom is 0.270 e. The Morgan fingerprint density at radius 2 is 1.94 bits per heavy atom. The van der Waals surface area contributed by atoms with Crippen molar-refractivity contribution < 1.29 is 9.53 Å². The molecule has 0 radical (unpaired) electrons. The zero-order valence-corrected chi connectivity index (χ0v) is 20.0. The highest BCUT2D eigenvalue weighted by molar-refractivity contribution is 5.93. The summed E-state index contributed by atoms with van der Waals surface area (Å²) in [4.78, 5) is 37.1. The van der Waals surface area contributed by atoms with Gasteiger partial charge >= 0.3 is 0 Å². The number of carbonyl (C=O) groups excluding carboxylic acids is 1. The van der Waals surface area contributed by atoms with Crippen molar-refractivity contribution in [2.45, 2.75) is 32.4 Å².